The fourth-order valence-corrected chi connectivity index (χ4v) is 7.61. The van der Waals surface area contributed by atoms with Crippen LogP contribution in [0.15, 0.2) is 66.5 Å². The van der Waals surface area contributed by atoms with Gasteiger partial charge in [0.1, 0.15) is 40.4 Å². The molecule has 0 spiro atoms. The number of hydrogen-bond acceptors (Lipinski definition) is 8. The van der Waals surface area contributed by atoms with Gasteiger partial charge in [0.05, 0.1) is 11.8 Å². The Kier molecular flexibility index (Phi) is 10.7. The molecule has 262 valence electrons. The van der Waals surface area contributed by atoms with Crippen LogP contribution in [0.5, 0.6) is 0 Å². The average Bonchev–Trinajstić information content (AvgIpc) is 3.69. The number of amides is 1. The van der Waals surface area contributed by atoms with E-state index in [-0.39, 0.29) is 16.5 Å². The zero-order valence-electron chi connectivity index (χ0n) is 28.3. The Bertz CT molecular complexity index is 2160. The Labute approximate surface area is 298 Å². The van der Waals surface area contributed by atoms with Gasteiger partial charge in [-0.1, -0.05) is 31.2 Å². The van der Waals surface area contributed by atoms with E-state index >= 15 is 0 Å². The van der Waals surface area contributed by atoms with E-state index in [2.05, 4.69) is 55.2 Å². The largest absolute Gasteiger partial charge is 0.393 e. The molecule has 1 amide bonds. The van der Waals surface area contributed by atoms with Crippen molar-refractivity contribution in [2.75, 3.05) is 23.7 Å². The van der Waals surface area contributed by atoms with Crippen molar-refractivity contribution in [2.24, 2.45) is 0 Å². The van der Waals surface area contributed by atoms with Gasteiger partial charge in [-0.15, -0.1) is 11.3 Å². The van der Waals surface area contributed by atoms with Crippen LogP contribution in [-0.4, -0.2) is 50.6 Å². The zero-order valence-corrected chi connectivity index (χ0v) is 29.2. The standard InChI is InChI=1S/C38H37F3N8OS/c1-3-4-26(20-42)36(50)47-28-8-5-25(6-9-28)11-16-49-30(21-43)17-32-24(2)27(7-10-34(32)49)22-48-14-12-29(13-15-48)46-35-33-18-31(19-38(39,40)41)51-37(33)45-23-44-35/h4-10,17-18,23,29H,3,11-16,19,22H2,1-2H3,(H,47,50)(H,44,45,46)/b26-4+. The monoisotopic (exact) mass is 710 g/mol. The quantitative estimate of drug-likeness (QED) is 0.105. The number of allylic oxidation sites excluding steroid dienone is 1. The molecule has 9 nitrogen and oxygen atoms in total. The highest BCUT2D eigenvalue weighted by Gasteiger charge is 2.29. The Hall–Kier alpha value is -5.24. The first kappa shape index (κ1) is 35.6. The van der Waals surface area contributed by atoms with Crippen molar-refractivity contribution < 1.29 is 18.0 Å². The molecule has 13 heteroatoms. The van der Waals surface area contributed by atoms with Crippen LogP contribution in [0.4, 0.5) is 24.7 Å². The second-order valence-electron chi connectivity index (χ2n) is 12.8. The molecule has 3 aromatic heterocycles. The van der Waals surface area contributed by atoms with Crippen LogP contribution < -0.4 is 10.6 Å². The number of anilines is 2. The number of benzene rings is 2. The number of hydrogen-bond donors (Lipinski definition) is 2. The summed E-state index contributed by atoms with van der Waals surface area (Å²) in [7, 11) is 0. The van der Waals surface area contributed by atoms with E-state index in [9.17, 15) is 28.5 Å². The van der Waals surface area contributed by atoms with Crippen LogP contribution in [0.2, 0.25) is 0 Å². The molecule has 0 atom stereocenters. The highest BCUT2D eigenvalue weighted by Crippen LogP contribution is 2.33. The van der Waals surface area contributed by atoms with Crippen LogP contribution in [0.25, 0.3) is 21.1 Å². The molecule has 0 saturated carbocycles. The number of likely N-dealkylation sites (tertiary alicyclic amines) is 1. The molecule has 5 aromatic rings. The Morgan fingerprint density at radius 3 is 2.53 bits per heavy atom. The molecular formula is C38H37F3N8OS. The van der Waals surface area contributed by atoms with Gasteiger partial charge in [-0.3, -0.25) is 9.69 Å². The maximum atomic E-state index is 13.0. The summed E-state index contributed by atoms with van der Waals surface area (Å²) >= 11 is 1.05. The lowest BCUT2D eigenvalue weighted by molar-refractivity contribution is -0.126. The molecule has 0 aliphatic carbocycles. The number of carbonyl (C=O) groups is 1. The van der Waals surface area contributed by atoms with Crippen molar-refractivity contribution in [3.05, 3.63) is 93.8 Å². The molecule has 1 aliphatic heterocycles. The van der Waals surface area contributed by atoms with Crippen LogP contribution in [0.3, 0.4) is 0 Å². The minimum Gasteiger partial charge on any atom is -0.367 e. The van der Waals surface area contributed by atoms with Crippen molar-refractivity contribution in [2.45, 2.75) is 71.3 Å². The van der Waals surface area contributed by atoms with Gasteiger partial charge in [0, 0.05) is 53.7 Å². The van der Waals surface area contributed by atoms with Crippen LogP contribution >= 0.6 is 11.3 Å². The Balaban J connectivity index is 1.06. The molecule has 51 heavy (non-hydrogen) atoms. The van der Waals surface area contributed by atoms with Crippen molar-refractivity contribution in [1.29, 1.82) is 10.5 Å². The normalized spacial score (nSPS) is 14.5. The molecule has 1 aliphatic rings. The molecule has 4 heterocycles. The lowest BCUT2D eigenvalue weighted by atomic mass is 10.0. The number of aryl methyl sites for hydroxylation is 3. The highest BCUT2D eigenvalue weighted by atomic mass is 32.1. The third-order valence-corrected chi connectivity index (χ3v) is 10.3. The lowest BCUT2D eigenvalue weighted by Gasteiger charge is -2.33. The van der Waals surface area contributed by atoms with Crippen LogP contribution in [0.1, 0.15) is 53.4 Å². The summed E-state index contributed by atoms with van der Waals surface area (Å²) in [6.07, 6.45) is 0.784. The van der Waals surface area contributed by atoms with E-state index in [0.29, 0.717) is 46.8 Å². The third kappa shape index (κ3) is 8.39. The number of carbonyl (C=O) groups excluding carboxylic acids is 1. The van der Waals surface area contributed by atoms with Gasteiger partial charge in [-0.2, -0.15) is 23.7 Å². The fourth-order valence-electron chi connectivity index (χ4n) is 6.59. The number of halogens is 3. The van der Waals surface area contributed by atoms with E-state index in [1.165, 1.54) is 11.9 Å². The predicted molar refractivity (Wildman–Crippen MR) is 193 cm³/mol. The van der Waals surface area contributed by atoms with Crippen molar-refractivity contribution in [3.8, 4) is 12.1 Å². The van der Waals surface area contributed by atoms with Gasteiger partial charge in [0.25, 0.3) is 5.91 Å². The molecule has 1 fully saturated rings. The number of fused-ring (bicyclic) bond motifs is 2. The number of nitrogens with zero attached hydrogens (tertiary/aromatic N) is 6. The first-order chi connectivity index (χ1) is 24.5. The van der Waals surface area contributed by atoms with Gasteiger partial charge in [0.2, 0.25) is 0 Å². The molecule has 0 radical (unpaired) electrons. The van der Waals surface area contributed by atoms with E-state index in [1.54, 1.807) is 12.1 Å². The summed E-state index contributed by atoms with van der Waals surface area (Å²) in [5, 5.41) is 27.1. The fraction of sp³-hybridized carbons (Fsp3) is 0.342. The van der Waals surface area contributed by atoms with E-state index in [4.69, 9.17) is 0 Å². The molecule has 6 rings (SSSR count). The van der Waals surface area contributed by atoms with Gasteiger partial charge in [0.15, 0.2) is 0 Å². The molecule has 2 N–H and O–H groups in total. The Morgan fingerprint density at radius 2 is 1.84 bits per heavy atom. The van der Waals surface area contributed by atoms with E-state index < -0.39 is 18.5 Å². The number of alkyl halides is 3. The zero-order chi connectivity index (χ0) is 36.1. The topological polar surface area (TPSA) is 123 Å². The molecular weight excluding hydrogens is 674 g/mol. The lowest BCUT2D eigenvalue weighted by Crippen LogP contribution is -2.39. The second kappa shape index (κ2) is 15.3. The smallest absolute Gasteiger partial charge is 0.367 e. The SMILES string of the molecule is CC/C=C(\C#N)C(=O)Nc1ccc(CCn2c(C#N)cc3c(C)c(CN4CCC(Nc5ncnc6sc(CC(F)(F)F)cc56)CC4)ccc32)cc1. The number of thiophene rings is 1. The van der Waals surface area contributed by atoms with Crippen molar-refractivity contribution in [3.63, 3.8) is 0 Å². The number of nitrogens with one attached hydrogen (secondary N) is 2. The number of rotatable bonds is 11. The van der Waals surface area contributed by atoms with Crippen LogP contribution in [-0.2, 0) is 30.7 Å². The summed E-state index contributed by atoms with van der Waals surface area (Å²) in [6.45, 7) is 7.07. The van der Waals surface area contributed by atoms with Crippen LogP contribution in [0, 0.1) is 29.6 Å². The summed E-state index contributed by atoms with van der Waals surface area (Å²) in [5.74, 6) is 0.156. The average molecular weight is 711 g/mol. The van der Waals surface area contributed by atoms with Gasteiger partial charge in [-0.25, -0.2) is 9.97 Å². The first-order valence-corrected chi connectivity index (χ1v) is 17.7. The molecule has 0 bridgehead atoms. The summed E-state index contributed by atoms with van der Waals surface area (Å²) in [6, 6.07) is 19.7. The summed E-state index contributed by atoms with van der Waals surface area (Å²) in [4.78, 5) is 24.1. The number of nitriles is 2. The van der Waals surface area contributed by atoms with E-state index in [0.717, 1.165) is 65.8 Å². The summed E-state index contributed by atoms with van der Waals surface area (Å²) in [5.41, 5.74) is 5.72. The predicted octanol–water partition coefficient (Wildman–Crippen LogP) is 8.05. The van der Waals surface area contributed by atoms with Crippen molar-refractivity contribution in [1.82, 2.24) is 19.4 Å². The molecule has 1 saturated heterocycles. The highest BCUT2D eigenvalue weighted by molar-refractivity contribution is 7.18. The first-order valence-electron chi connectivity index (χ1n) is 16.9. The third-order valence-electron chi connectivity index (χ3n) is 9.27. The van der Waals surface area contributed by atoms with Crippen molar-refractivity contribution >= 4 is 49.9 Å². The van der Waals surface area contributed by atoms with Gasteiger partial charge >= 0.3 is 6.18 Å². The number of piperidine rings is 1. The maximum Gasteiger partial charge on any atom is 0.393 e. The minimum atomic E-state index is -4.27. The maximum absolute atomic E-state index is 13.0. The Morgan fingerprint density at radius 1 is 1.08 bits per heavy atom. The second-order valence-corrected chi connectivity index (χ2v) is 13.9. The minimum absolute atomic E-state index is 0.0911. The number of aromatic nitrogens is 3. The van der Waals surface area contributed by atoms with E-state index in [1.807, 2.05) is 43.3 Å². The molecule has 2 aromatic carbocycles. The van der Waals surface area contributed by atoms with Gasteiger partial charge < -0.3 is 15.2 Å². The van der Waals surface area contributed by atoms with Gasteiger partial charge in [-0.05, 0) is 79.6 Å². The molecule has 0 unspecified atom stereocenters. The summed E-state index contributed by atoms with van der Waals surface area (Å²) < 4.78 is 40.9.